The monoisotopic (exact) mass is 290 g/mol. The number of carbonyl (C=O) groups is 2. The summed E-state index contributed by atoms with van der Waals surface area (Å²) in [5.74, 6) is -1.14. The van der Waals surface area contributed by atoms with Crippen LogP contribution in [0.1, 0.15) is 23.4 Å². The maximum Gasteiger partial charge on any atom is 0.303 e. The molecule has 0 aliphatic carbocycles. The quantitative estimate of drug-likeness (QED) is 0.723. The van der Waals surface area contributed by atoms with E-state index in [0.717, 1.165) is 21.4 Å². The van der Waals surface area contributed by atoms with Crippen LogP contribution in [0.5, 0.6) is 0 Å². The second-order valence-corrected chi connectivity index (χ2v) is 5.20. The van der Waals surface area contributed by atoms with Gasteiger partial charge in [-0.25, -0.2) is 0 Å². The van der Waals surface area contributed by atoms with Gasteiger partial charge in [-0.2, -0.15) is 0 Å². The first-order chi connectivity index (χ1) is 9.65. The van der Waals surface area contributed by atoms with Crippen molar-refractivity contribution in [2.45, 2.75) is 12.8 Å². The molecule has 6 heteroatoms. The lowest BCUT2D eigenvalue weighted by atomic mass is 10.1. The van der Waals surface area contributed by atoms with Gasteiger partial charge in [0.25, 0.3) is 0 Å². The number of aliphatic carboxylic acids is 1. The third kappa shape index (κ3) is 2.25. The minimum absolute atomic E-state index is 0.0674. The SMILES string of the molecule is O=C(O)CCC(=O)c1cc(-c2coc3ccsc23)co1. The Kier molecular flexibility index (Phi) is 3.15. The number of carboxylic acids is 1. The highest BCUT2D eigenvalue weighted by Crippen LogP contribution is 2.35. The highest BCUT2D eigenvalue weighted by Gasteiger charge is 2.16. The maximum absolute atomic E-state index is 11.8. The molecule has 0 saturated carbocycles. The maximum atomic E-state index is 11.8. The van der Waals surface area contributed by atoms with Gasteiger partial charge < -0.3 is 13.9 Å². The summed E-state index contributed by atoms with van der Waals surface area (Å²) in [6.07, 6.45) is 2.84. The molecule has 0 aromatic carbocycles. The van der Waals surface area contributed by atoms with E-state index in [1.807, 2.05) is 11.4 Å². The molecule has 0 amide bonds. The fourth-order valence-electron chi connectivity index (χ4n) is 1.93. The van der Waals surface area contributed by atoms with Gasteiger partial charge in [0.1, 0.15) is 11.8 Å². The lowest BCUT2D eigenvalue weighted by Gasteiger charge is -1.92. The van der Waals surface area contributed by atoms with E-state index in [2.05, 4.69) is 0 Å². The van der Waals surface area contributed by atoms with Crippen LogP contribution in [0.25, 0.3) is 21.4 Å². The van der Waals surface area contributed by atoms with Crippen LogP contribution in [0.4, 0.5) is 0 Å². The first-order valence-electron chi connectivity index (χ1n) is 5.94. The Labute approximate surface area is 117 Å². The summed E-state index contributed by atoms with van der Waals surface area (Å²) in [7, 11) is 0. The van der Waals surface area contributed by atoms with Crippen molar-refractivity contribution in [1.82, 2.24) is 0 Å². The molecule has 0 bridgehead atoms. The Hall–Kier alpha value is -2.34. The van der Waals surface area contributed by atoms with Gasteiger partial charge >= 0.3 is 5.97 Å². The third-order valence-corrected chi connectivity index (χ3v) is 3.86. The molecule has 0 atom stereocenters. The summed E-state index contributed by atoms with van der Waals surface area (Å²) in [6.45, 7) is 0. The van der Waals surface area contributed by atoms with Crippen LogP contribution in [0.2, 0.25) is 0 Å². The van der Waals surface area contributed by atoms with E-state index in [0.29, 0.717) is 0 Å². The van der Waals surface area contributed by atoms with Crippen molar-refractivity contribution in [3.8, 4) is 11.1 Å². The number of hydrogen-bond acceptors (Lipinski definition) is 5. The molecule has 3 aromatic rings. The van der Waals surface area contributed by atoms with Crippen molar-refractivity contribution >= 4 is 33.4 Å². The van der Waals surface area contributed by atoms with Crippen molar-refractivity contribution in [2.24, 2.45) is 0 Å². The zero-order valence-corrected chi connectivity index (χ0v) is 11.1. The summed E-state index contributed by atoms with van der Waals surface area (Å²) in [4.78, 5) is 22.2. The molecule has 0 aliphatic rings. The molecule has 0 unspecified atom stereocenters. The number of thiophene rings is 1. The fraction of sp³-hybridized carbons (Fsp3) is 0.143. The largest absolute Gasteiger partial charge is 0.481 e. The fourth-order valence-corrected chi connectivity index (χ4v) is 2.78. The van der Waals surface area contributed by atoms with Gasteiger partial charge in [0.05, 0.1) is 17.4 Å². The lowest BCUT2D eigenvalue weighted by Crippen LogP contribution is -2.02. The van der Waals surface area contributed by atoms with E-state index < -0.39 is 5.97 Å². The Morgan fingerprint density at radius 3 is 2.85 bits per heavy atom. The molecule has 102 valence electrons. The molecular formula is C14H10O5S. The lowest BCUT2D eigenvalue weighted by molar-refractivity contribution is -0.136. The Morgan fingerprint density at radius 2 is 2.05 bits per heavy atom. The van der Waals surface area contributed by atoms with Crippen LogP contribution < -0.4 is 0 Å². The van der Waals surface area contributed by atoms with Crippen molar-refractivity contribution in [3.63, 3.8) is 0 Å². The first-order valence-corrected chi connectivity index (χ1v) is 6.81. The van der Waals surface area contributed by atoms with Gasteiger partial charge in [0.15, 0.2) is 11.5 Å². The number of carboxylic acid groups (broad SMARTS) is 1. The predicted octanol–water partition coefficient (Wildman–Crippen LogP) is 3.80. The molecular weight excluding hydrogens is 280 g/mol. The van der Waals surface area contributed by atoms with Crippen LogP contribution in [-0.4, -0.2) is 16.9 Å². The van der Waals surface area contributed by atoms with Gasteiger partial charge in [-0.1, -0.05) is 0 Å². The summed E-state index contributed by atoms with van der Waals surface area (Å²) < 4.78 is 11.6. The van der Waals surface area contributed by atoms with Crippen LogP contribution in [0.15, 0.2) is 38.9 Å². The number of ketones is 1. The van der Waals surface area contributed by atoms with Gasteiger partial charge in [-0.15, -0.1) is 11.3 Å². The molecule has 5 nitrogen and oxygen atoms in total. The first kappa shape index (κ1) is 12.7. The normalized spacial score (nSPS) is 11.0. The predicted molar refractivity (Wildman–Crippen MR) is 73.0 cm³/mol. The van der Waals surface area contributed by atoms with Crippen LogP contribution in [0, 0.1) is 0 Å². The number of furan rings is 2. The van der Waals surface area contributed by atoms with Crippen molar-refractivity contribution < 1.29 is 23.5 Å². The molecule has 3 heterocycles. The van der Waals surface area contributed by atoms with Crippen LogP contribution in [-0.2, 0) is 4.79 Å². The molecule has 20 heavy (non-hydrogen) atoms. The molecule has 3 rings (SSSR count). The second kappa shape index (κ2) is 4.97. The average Bonchev–Trinajstić information content (AvgIpc) is 3.10. The summed E-state index contributed by atoms with van der Waals surface area (Å²) in [5, 5.41) is 10.5. The third-order valence-electron chi connectivity index (χ3n) is 2.93. The topological polar surface area (TPSA) is 80.6 Å². The van der Waals surface area contributed by atoms with E-state index in [1.54, 1.807) is 23.7 Å². The van der Waals surface area contributed by atoms with Gasteiger partial charge in [0.2, 0.25) is 0 Å². The van der Waals surface area contributed by atoms with Gasteiger partial charge in [0, 0.05) is 17.5 Å². The summed E-state index contributed by atoms with van der Waals surface area (Å²) >= 11 is 1.55. The smallest absolute Gasteiger partial charge is 0.303 e. The molecule has 0 aliphatic heterocycles. The molecule has 1 N–H and O–H groups in total. The van der Waals surface area contributed by atoms with Crippen molar-refractivity contribution in [1.29, 1.82) is 0 Å². The molecule has 0 saturated heterocycles. The number of carbonyl (C=O) groups excluding carboxylic acids is 1. The highest BCUT2D eigenvalue weighted by atomic mass is 32.1. The molecule has 0 fully saturated rings. The van der Waals surface area contributed by atoms with E-state index in [-0.39, 0.29) is 24.4 Å². The Bertz CT molecular complexity index is 776. The van der Waals surface area contributed by atoms with Crippen molar-refractivity contribution in [3.05, 3.63) is 35.8 Å². The summed E-state index contributed by atoms with van der Waals surface area (Å²) in [6, 6.07) is 3.50. The van der Waals surface area contributed by atoms with E-state index >= 15 is 0 Å². The minimum atomic E-state index is -1.000. The minimum Gasteiger partial charge on any atom is -0.481 e. The van der Waals surface area contributed by atoms with Gasteiger partial charge in [-0.3, -0.25) is 9.59 Å². The molecule has 0 spiro atoms. The standard InChI is InChI=1S/C14H10O5S/c15-10(1-2-13(16)17)12-5-8(6-18-12)9-7-19-11-3-4-20-14(9)11/h3-7H,1-2H2,(H,16,17). The highest BCUT2D eigenvalue weighted by molar-refractivity contribution is 7.17. The van der Waals surface area contributed by atoms with E-state index in [9.17, 15) is 9.59 Å². The van der Waals surface area contributed by atoms with E-state index in [4.69, 9.17) is 13.9 Å². The number of hydrogen-bond donors (Lipinski definition) is 1. The molecule has 3 aromatic heterocycles. The summed E-state index contributed by atoms with van der Waals surface area (Å²) in [5.41, 5.74) is 2.42. The zero-order valence-electron chi connectivity index (χ0n) is 10.3. The van der Waals surface area contributed by atoms with E-state index in [1.165, 1.54) is 6.26 Å². The van der Waals surface area contributed by atoms with Crippen LogP contribution >= 0.6 is 11.3 Å². The zero-order chi connectivity index (χ0) is 14.1. The van der Waals surface area contributed by atoms with Gasteiger partial charge in [-0.05, 0) is 17.5 Å². The number of Topliss-reactive ketones (excluding diaryl/α,β-unsaturated/α-hetero) is 1. The number of rotatable bonds is 5. The second-order valence-electron chi connectivity index (χ2n) is 4.28. The average molecular weight is 290 g/mol. The van der Waals surface area contributed by atoms with Crippen LogP contribution in [0.3, 0.4) is 0 Å². The Balaban J connectivity index is 1.85. The van der Waals surface area contributed by atoms with Crippen molar-refractivity contribution in [2.75, 3.05) is 0 Å². The molecule has 0 radical (unpaired) electrons. The number of fused-ring (bicyclic) bond motifs is 1. The Morgan fingerprint density at radius 1 is 1.20 bits per heavy atom.